The van der Waals surface area contributed by atoms with E-state index in [0.29, 0.717) is 16.5 Å². The van der Waals surface area contributed by atoms with Gasteiger partial charge in [-0.3, -0.25) is 15.5 Å². The molecule has 0 aliphatic rings. The topological polar surface area (TPSA) is 106 Å². The molecule has 2 aromatic carbocycles. The van der Waals surface area contributed by atoms with Crippen LogP contribution in [0.25, 0.3) is 0 Å². The van der Waals surface area contributed by atoms with E-state index in [-0.39, 0.29) is 22.7 Å². The third-order valence-electron chi connectivity index (χ3n) is 3.07. The van der Waals surface area contributed by atoms with Crippen molar-refractivity contribution in [2.24, 2.45) is 5.10 Å². The van der Waals surface area contributed by atoms with Gasteiger partial charge in [0.1, 0.15) is 5.75 Å². The zero-order chi connectivity index (χ0) is 17.7. The van der Waals surface area contributed by atoms with Crippen molar-refractivity contribution >= 4 is 29.2 Å². The lowest BCUT2D eigenvalue weighted by Gasteiger charge is -2.06. The largest absolute Gasteiger partial charge is 0.504 e. The average molecular weight is 352 g/mol. The molecule has 2 rings (SSSR count). The van der Waals surface area contributed by atoms with Crippen LogP contribution in [0.1, 0.15) is 5.56 Å². The second kappa shape index (κ2) is 7.51. The zero-order valence-electron chi connectivity index (χ0n) is 12.8. The minimum Gasteiger partial charge on any atom is -0.504 e. The van der Waals surface area contributed by atoms with Gasteiger partial charge in [-0.05, 0) is 24.3 Å². The fourth-order valence-corrected chi connectivity index (χ4v) is 2.17. The number of phenols is 1. The molecule has 0 aliphatic carbocycles. The van der Waals surface area contributed by atoms with E-state index in [1.54, 1.807) is 18.2 Å². The van der Waals surface area contributed by atoms with Crippen LogP contribution in [-0.2, 0) is 0 Å². The van der Waals surface area contributed by atoms with Gasteiger partial charge in [0.05, 0.1) is 47.7 Å². The number of anilines is 1. The number of phenolic OH excluding ortho intramolecular Hbond substituents is 1. The van der Waals surface area contributed by atoms with Crippen molar-refractivity contribution < 1.29 is 19.5 Å². The number of hydrazone groups is 1. The molecule has 24 heavy (non-hydrogen) atoms. The molecule has 0 saturated carbocycles. The van der Waals surface area contributed by atoms with Gasteiger partial charge in [-0.2, -0.15) is 5.10 Å². The summed E-state index contributed by atoms with van der Waals surface area (Å²) in [6.45, 7) is 0. The number of nitro benzene ring substituents is 1. The Hall–Kier alpha value is -3.00. The third kappa shape index (κ3) is 3.85. The number of ether oxygens (including phenoxy) is 2. The first-order valence-electron chi connectivity index (χ1n) is 6.64. The second-order valence-corrected chi connectivity index (χ2v) is 4.97. The Kier molecular flexibility index (Phi) is 5.43. The Morgan fingerprint density at radius 3 is 2.54 bits per heavy atom. The Morgan fingerprint density at radius 1 is 1.25 bits per heavy atom. The molecule has 0 saturated heterocycles. The summed E-state index contributed by atoms with van der Waals surface area (Å²) in [5.41, 5.74) is 3.13. The predicted octanol–water partition coefficient (Wildman–Crippen LogP) is 3.42. The molecule has 0 spiro atoms. The quantitative estimate of drug-likeness (QED) is 0.469. The van der Waals surface area contributed by atoms with Crippen LogP contribution in [0.5, 0.6) is 17.2 Å². The summed E-state index contributed by atoms with van der Waals surface area (Å²) in [7, 11) is 2.81. The minimum absolute atomic E-state index is 0.00810. The van der Waals surface area contributed by atoms with E-state index in [1.165, 1.54) is 26.5 Å². The first-order valence-corrected chi connectivity index (χ1v) is 7.02. The molecule has 0 radical (unpaired) electrons. The van der Waals surface area contributed by atoms with Gasteiger partial charge in [-0.15, -0.1) is 0 Å². The number of nitrogens with zero attached hydrogens (tertiary/aromatic N) is 2. The van der Waals surface area contributed by atoms with Gasteiger partial charge in [0.25, 0.3) is 5.69 Å². The normalized spacial score (nSPS) is 10.6. The molecular weight excluding hydrogens is 338 g/mol. The summed E-state index contributed by atoms with van der Waals surface area (Å²) < 4.78 is 9.90. The summed E-state index contributed by atoms with van der Waals surface area (Å²) in [4.78, 5) is 10.5. The summed E-state index contributed by atoms with van der Waals surface area (Å²) >= 11 is 5.99. The van der Waals surface area contributed by atoms with E-state index in [4.69, 9.17) is 21.1 Å². The van der Waals surface area contributed by atoms with Crippen molar-refractivity contribution in [3.8, 4) is 17.2 Å². The van der Waals surface area contributed by atoms with Crippen molar-refractivity contribution in [2.75, 3.05) is 19.6 Å². The Morgan fingerprint density at radius 2 is 1.96 bits per heavy atom. The van der Waals surface area contributed by atoms with Crippen LogP contribution in [0.4, 0.5) is 11.4 Å². The smallest absolute Gasteiger partial charge is 0.282 e. The van der Waals surface area contributed by atoms with E-state index >= 15 is 0 Å². The number of hydrogen-bond donors (Lipinski definition) is 2. The highest BCUT2D eigenvalue weighted by molar-refractivity contribution is 6.32. The van der Waals surface area contributed by atoms with Gasteiger partial charge in [0.15, 0.2) is 11.5 Å². The fourth-order valence-electron chi connectivity index (χ4n) is 1.91. The lowest BCUT2D eigenvalue weighted by Crippen LogP contribution is -1.98. The van der Waals surface area contributed by atoms with Crippen molar-refractivity contribution in [3.63, 3.8) is 0 Å². The van der Waals surface area contributed by atoms with Gasteiger partial charge < -0.3 is 14.6 Å². The molecule has 2 N–H and O–H groups in total. The SMILES string of the molecule is COc1cc([N+](=O)[O-])c(/C=N/Nc2ccc(OC)c(Cl)c2)cc1O. The van der Waals surface area contributed by atoms with Crippen molar-refractivity contribution in [1.82, 2.24) is 0 Å². The zero-order valence-corrected chi connectivity index (χ0v) is 13.6. The van der Waals surface area contributed by atoms with Crippen LogP contribution >= 0.6 is 11.6 Å². The number of halogens is 1. The van der Waals surface area contributed by atoms with Crippen LogP contribution in [0.3, 0.4) is 0 Å². The Balaban J connectivity index is 2.24. The highest BCUT2D eigenvalue weighted by Gasteiger charge is 2.17. The molecule has 2 aromatic rings. The highest BCUT2D eigenvalue weighted by Crippen LogP contribution is 2.33. The van der Waals surface area contributed by atoms with Gasteiger partial charge in [-0.25, -0.2) is 0 Å². The molecule has 0 amide bonds. The average Bonchev–Trinajstić information content (AvgIpc) is 2.55. The standard InChI is InChI=1S/C15H14ClN3O5/c1-23-14-4-3-10(6-11(14)16)18-17-8-9-5-13(20)15(24-2)7-12(9)19(21)22/h3-8,18,20H,1-2H3/b17-8+. The van der Waals surface area contributed by atoms with Crippen LogP contribution in [-0.4, -0.2) is 30.5 Å². The van der Waals surface area contributed by atoms with E-state index in [2.05, 4.69) is 10.5 Å². The van der Waals surface area contributed by atoms with Crippen LogP contribution in [0.15, 0.2) is 35.4 Å². The molecule has 0 bridgehead atoms. The number of nitrogens with one attached hydrogen (secondary N) is 1. The lowest BCUT2D eigenvalue weighted by molar-refractivity contribution is -0.385. The molecular formula is C15H14ClN3O5. The van der Waals surface area contributed by atoms with Crippen LogP contribution in [0, 0.1) is 10.1 Å². The molecule has 8 nitrogen and oxygen atoms in total. The molecule has 0 unspecified atom stereocenters. The van der Waals surface area contributed by atoms with E-state index in [9.17, 15) is 15.2 Å². The summed E-state index contributed by atoms with van der Waals surface area (Å²) in [5.74, 6) is 0.299. The van der Waals surface area contributed by atoms with Crippen LogP contribution < -0.4 is 14.9 Å². The number of hydrogen-bond acceptors (Lipinski definition) is 7. The summed E-state index contributed by atoms with van der Waals surface area (Å²) in [5, 5.41) is 25.2. The maximum atomic E-state index is 11.1. The number of aromatic hydroxyl groups is 1. The number of benzene rings is 2. The van der Waals surface area contributed by atoms with E-state index in [0.717, 1.165) is 6.07 Å². The monoisotopic (exact) mass is 351 g/mol. The maximum absolute atomic E-state index is 11.1. The first kappa shape index (κ1) is 17.4. The van der Waals surface area contributed by atoms with Crippen LogP contribution in [0.2, 0.25) is 5.02 Å². The van der Waals surface area contributed by atoms with E-state index in [1.807, 2.05) is 0 Å². The molecule has 9 heteroatoms. The number of rotatable bonds is 6. The molecule has 0 atom stereocenters. The third-order valence-corrected chi connectivity index (χ3v) is 3.37. The Bertz CT molecular complexity index is 795. The predicted molar refractivity (Wildman–Crippen MR) is 90.5 cm³/mol. The van der Waals surface area contributed by atoms with Gasteiger partial charge >= 0.3 is 0 Å². The first-order chi connectivity index (χ1) is 11.5. The number of methoxy groups -OCH3 is 2. The maximum Gasteiger partial charge on any atom is 0.282 e. The molecule has 126 valence electrons. The summed E-state index contributed by atoms with van der Waals surface area (Å²) in [6, 6.07) is 7.26. The fraction of sp³-hybridized carbons (Fsp3) is 0.133. The molecule has 0 aromatic heterocycles. The summed E-state index contributed by atoms with van der Waals surface area (Å²) in [6.07, 6.45) is 1.22. The van der Waals surface area contributed by atoms with Gasteiger partial charge in [0, 0.05) is 0 Å². The van der Waals surface area contributed by atoms with Gasteiger partial charge in [0.2, 0.25) is 0 Å². The molecule has 0 heterocycles. The van der Waals surface area contributed by atoms with Gasteiger partial charge in [-0.1, -0.05) is 11.6 Å². The van der Waals surface area contributed by atoms with Crippen molar-refractivity contribution in [2.45, 2.75) is 0 Å². The molecule has 0 fully saturated rings. The lowest BCUT2D eigenvalue weighted by atomic mass is 10.1. The highest BCUT2D eigenvalue weighted by atomic mass is 35.5. The van der Waals surface area contributed by atoms with Crippen molar-refractivity contribution in [3.05, 3.63) is 51.0 Å². The molecule has 0 aliphatic heterocycles. The second-order valence-electron chi connectivity index (χ2n) is 4.56. The Labute approximate surface area is 142 Å². The van der Waals surface area contributed by atoms with Crippen molar-refractivity contribution in [1.29, 1.82) is 0 Å². The van der Waals surface area contributed by atoms with E-state index < -0.39 is 4.92 Å². The number of nitro groups is 1. The minimum atomic E-state index is -0.590.